The van der Waals surface area contributed by atoms with Crippen LogP contribution < -0.4 is 14.5 Å². The van der Waals surface area contributed by atoms with E-state index in [0.29, 0.717) is 11.4 Å². The molecule has 3 unspecified atom stereocenters. The molecular formula is C29H21F3N2O4. The highest BCUT2D eigenvalue weighted by molar-refractivity contribution is 6.23. The van der Waals surface area contributed by atoms with E-state index in [1.165, 1.54) is 23.1 Å². The Bertz CT molecular complexity index is 1540. The number of hydrogen-bond donors (Lipinski definition) is 0. The number of para-hydroxylation sites is 2. The Labute approximate surface area is 215 Å². The topological polar surface area (TPSA) is 66.9 Å². The molecule has 3 heterocycles. The highest BCUT2D eigenvalue weighted by Gasteiger charge is 2.69. The van der Waals surface area contributed by atoms with Crippen LogP contribution in [0.2, 0.25) is 0 Å². The van der Waals surface area contributed by atoms with Gasteiger partial charge in [0.1, 0.15) is 11.7 Å². The van der Waals surface area contributed by atoms with Crippen molar-refractivity contribution < 1.29 is 32.3 Å². The van der Waals surface area contributed by atoms with Crippen LogP contribution in [0, 0.1) is 19.8 Å². The fourth-order valence-electron chi connectivity index (χ4n) is 5.84. The van der Waals surface area contributed by atoms with Gasteiger partial charge in [0, 0.05) is 11.8 Å². The number of aryl methyl sites for hydroxylation is 2. The summed E-state index contributed by atoms with van der Waals surface area (Å²) in [5.41, 5.74) is -0.807. The Morgan fingerprint density at radius 2 is 1.58 bits per heavy atom. The zero-order valence-corrected chi connectivity index (χ0v) is 20.3. The van der Waals surface area contributed by atoms with Crippen molar-refractivity contribution >= 4 is 29.0 Å². The van der Waals surface area contributed by atoms with Crippen LogP contribution in [0.1, 0.15) is 27.0 Å². The van der Waals surface area contributed by atoms with Crippen LogP contribution in [-0.4, -0.2) is 29.4 Å². The molecule has 3 aromatic carbocycles. The van der Waals surface area contributed by atoms with Crippen LogP contribution in [0.5, 0.6) is 5.75 Å². The summed E-state index contributed by atoms with van der Waals surface area (Å²) in [6.07, 6.45) is -3.34. The summed E-state index contributed by atoms with van der Waals surface area (Å²) in [5, 5.41) is 0. The highest BCUT2D eigenvalue weighted by atomic mass is 19.4. The molecule has 0 aromatic heterocycles. The predicted molar refractivity (Wildman–Crippen MR) is 133 cm³/mol. The molecule has 6 nitrogen and oxygen atoms in total. The van der Waals surface area contributed by atoms with E-state index in [4.69, 9.17) is 4.74 Å². The lowest BCUT2D eigenvalue weighted by atomic mass is 9.78. The van der Waals surface area contributed by atoms with Gasteiger partial charge in [-0.3, -0.25) is 24.2 Å². The van der Waals surface area contributed by atoms with E-state index >= 15 is 0 Å². The predicted octanol–water partition coefficient (Wildman–Crippen LogP) is 5.23. The van der Waals surface area contributed by atoms with Crippen molar-refractivity contribution in [1.29, 1.82) is 0 Å². The summed E-state index contributed by atoms with van der Waals surface area (Å²) in [6.45, 7) is 3.63. The molecule has 0 saturated carbocycles. The van der Waals surface area contributed by atoms with Crippen LogP contribution in [0.4, 0.5) is 24.5 Å². The zero-order chi connectivity index (χ0) is 27.0. The van der Waals surface area contributed by atoms with Gasteiger partial charge < -0.3 is 4.74 Å². The van der Waals surface area contributed by atoms with Crippen molar-refractivity contribution in [3.63, 3.8) is 0 Å². The average Bonchev–Trinajstić information content (AvgIpc) is 3.34. The van der Waals surface area contributed by atoms with Gasteiger partial charge in [0.15, 0.2) is 17.6 Å². The van der Waals surface area contributed by atoms with Gasteiger partial charge in [0.05, 0.1) is 16.8 Å². The molecule has 3 aliphatic rings. The van der Waals surface area contributed by atoms with Crippen LogP contribution in [0.25, 0.3) is 0 Å². The molecule has 1 spiro atoms. The number of amides is 2. The summed E-state index contributed by atoms with van der Waals surface area (Å²) in [7, 11) is 0. The van der Waals surface area contributed by atoms with Crippen LogP contribution in [0.3, 0.4) is 0 Å². The van der Waals surface area contributed by atoms with Gasteiger partial charge in [-0.1, -0.05) is 36.4 Å². The maximum Gasteiger partial charge on any atom is 0.416 e. The van der Waals surface area contributed by atoms with Crippen LogP contribution in [-0.2, 0) is 15.8 Å². The summed E-state index contributed by atoms with van der Waals surface area (Å²) >= 11 is 0. The quantitative estimate of drug-likeness (QED) is 0.466. The van der Waals surface area contributed by atoms with Gasteiger partial charge in [-0.25, -0.2) is 0 Å². The van der Waals surface area contributed by atoms with Gasteiger partial charge >= 0.3 is 6.18 Å². The second-order valence-electron chi connectivity index (χ2n) is 9.64. The number of ketones is 1. The summed E-state index contributed by atoms with van der Waals surface area (Å²) in [5.74, 6) is -2.72. The number of nitrogens with zero attached hydrogens (tertiary/aromatic N) is 2. The Balaban J connectivity index is 1.61. The number of alkyl halides is 3. The van der Waals surface area contributed by atoms with E-state index in [9.17, 15) is 27.6 Å². The fourth-order valence-corrected chi connectivity index (χ4v) is 5.84. The molecule has 192 valence electrons. The van der Waals surface area contributed by atoms with Crippen molar-refractivity contribution in [2.75, 3.05) is 9.80 Å². The molecule has 0 N–H and O–H groups in total. The second kappa shape index (κ2) is 8.05. The number of benzene rings is 3. The molecule has 0 bridgehead atoms. The SMILES string of the molecule is Cc1cccc(C)c1N1C(=O)C2(C=CC(=O)N2c2cccc(C(F)(F)F)c2)C2C(=O)c3ccccc3OC21. The monoisotopic (exact) mass is 518 g/mol. The minimum Gasteiger partial charge on any atom is -0.468 e. The minimum atomic E-state index is -4.67. The lowest BCUT2D eigenvalue weighted by Gasteiger charge is -2.38. The van der Waals surface area contributed by atoms with E-state index in [-0.39, 0.29) is 11.3 Å². The summed E-state index contributed by atoms with van der Waals surface area (Å²) in [4.78, 5) is 44.3. The Morgan fingerprint density at radius 3 is 2.29 bits per heavy atom. The first-order chi connectivity index (χ1) is 18.1. The molecule has 2 amide bonds. The molecule has 1 saturated heterocycles. The molecule has 3 aliphatic heterocycles. The standard InChI is InChI=1S/C29H21F3N2O4/c1-16-7-5-8-17(2)24(16)33-26-23(25(36)20-11-3-4-12-21(20)38-26)28(27(33)37)14-13-22(35)34(28)19-10-6-9-18(15-19)29(30,31)32/h3-15,23,26H,1-2H3. The number of rotatable bonds is 2. The molecule has 3 atom stereocenters. The number of hydrogen-bond acceptors (Lipinski definition) is 4. The lowest BCUT2D eigenvalue weighted by Crippen LogP contribution is -2.58. The average molecular weight is 518 g/mol. The number of ether oxygens (including phenoxy) is 1. The highest BCUT2D eigenvalue weighted by Crippen LogP contribution is 2.52. The van der Waals surface area contributed by atoms with Gasteiger partial charge in [-0.15, -0.1) is 0 Å². The van der Waals surface area contributed by atoms with Crippen molar-refractivity contribution in [3.05, 3.63) is 101 Å². The van der Waals surface area contributed by atoms with Crippen molar-refractivity contribution in [2.45, 2.75) is 31.8 Å². The number of anilines is 2. The minimum absolute atomic E-state index is 0.142. The first kappa shape index (κ1) is 24.0. The third-order valence-corrected chi connectivity index (χ3v) is 7.44. The Kier molecular flexibility index (Phi) is 5.08. The summed E-state index contributed by atoms with van der Waals surface area (Å²) in [6, 6.07) is 16.2. The normalized spacial score (nSPS) is 24.2. The number of Topliss-reactive ketones (excluding diaryl/α,β-unsaturated/α-hetero) is 1. The van der Waals surface area contributed by atoms with E-state index in [1.807, 2.05) is 32.0 Å². The molecule has 0 aliphatic carbocycles. The van der Waals surface area contributed by atoms with E-state index < -0.39 is 47.0 Å². The largest absolute Gasteiger partial charge is 0.468 e. The maximum absolute atomic E-state index is 14.5. The Morgan fingerprint density at radius 1 is 0.895 bits per heavy atom. The second-order valence-corrected chi connectivity index (χ2v) is 9.64. The summed E-state index contributed by atoms with van der Waals surface area (Å²) < 4.78 is 47.1. The van der Waals surface area contributed by atoms with Crippen molar-refractivity contribution in [2.24, 2.45) is 5.92 Å². The molecule has 6 rings (SSSR count). The molecule has 38 heavy (non-hydrogen) atoms. The van der Waals surface area contributed by atoms with Gasteiger partial charge in [0.2, 0.25) is 0 Å². The van der Waals surface area contributed by atoms with E-state index in [0.717, 1.165) is 34.2 Å². The first-order valence-corrected chi connectivity index (χ1v) is 12.0. The van der Waals surface area contributed by atoms with Gasteiger partial charge in [-0.05, 0) is 61.4 Å². The number of halogens is 3. The fraction of sp³-hybridized carbons (Fsp3) is 0.207. The molecule has 9 heteroatoms. The number of fused-ring (bicyclic) bond motifs is 3. The third kappa shape index (κ3) is 3.17. The molecule has 3 aromatic rings. The van der Waals surface area contributed by atoms with Gasteiger partial charge in [-0.2, -0.15) is 13.2 Å². The van der Waals surface area contributed by atoms with Crippen molar-refractivity contribution in [3.8, 4) is 5.75 Å². The zero-order valence-electron chi connectivity index (χ0n) is 20.3. The maximum atomic E-state index is 14.5. The third-order valence-electron chi connectivity index (χ3n) is 7.44. The van der Waals surface area contributed by atoms with Gasteiger partial charge in [0.25, 0.3) is 11.8 Å². The molecule has 1 fully saturated rings. The van der Waals surface area contributed by atoms with Crippen LogP contribution >= 0.6 is 0 Å². The van der Waals surface area contributed by atoms with Crippen molar-refractivity contribution in [1.82, 2.24) is 0 Å². The smallest absolute Gasteiger partial charge is 0.416 e. The number of carbonyl (C=O) groups excluding carboxylic acids is 3. The molecule has 0 radical (unpaired) electrons. The Hall–Kier alpha value is -4.40. The first-order valence-electron chi connectivity index (χ1n) is 12.0. The van der Waals surface area contributed by atoms with E-state index in [1.54, 1.807) is 24.3 Å². The van der Waals surface area contributed by atoms with Crippen LogP contribution in [0.15, 0.2) is 78.9 Å². The number of carbonyl (C=O) groups is 3. The lowest BCUT2D eigenvalue weighted by molar-refractivity contribution is -0.137. The van der Waals surface area contributed by atoms with E-state index in [2.05, 4.69) is 0 Å². The molecular weight excluding hydrogens is 497 g/mol.